The first kappa shape index (κ1) is 18.6. The van der Waals surface area contributed by atoms with Crippen molar-refractivity contribution in [3.63, 3.8) is 0 Å². The van der Waals surface area contributed by atoms with Crippen molar-refractivity contribution in [2.45, 2.75) is 25.2 Å². The van der Waals surface area contributed by atoms with Crippen LogP contribution in [-0.4, -0.2) is 18.5 Å². The van der Waals surface area contributed by atoms with Crippen LogP contribution in [0.1, 0.15) is 23.6 Å². The molecule has 1 heterocycles. The lowest BCUT2D eigenvalue weighted by Crippen LogP contribution is -2.45. The molecule has 1 unspecified atom stereocenters. The van der Waals surface area contributed by atoms with Crippen LogP contribution in [0, 0.1) is 0 Å². The van der Waals surface area contributed by atoms with Crippen molar-refractivity contribution < 1.29 is 17.9 Å². The first-order chi connectivity index (χ1) is 10.8. The van der Waals surface area contributed by atoms with E-state index in [0.29, 0.717) is 12.3 Å². The van der Waals surface area contributed by atoms with Gasteiger partial charge in [0, 0.05) is 18.7 Å². The SMILES string of the molecule is CN1Cc2ccccc2C(C)(Oc2ccc(C(F)(F)F)cc2)C1.Cl. The quantitative estimate of drug-likeness (QED) is 0.760. The molecule has 3 rings (SSSR count). The van der Waals surface area contributed by atoms with Gasteiger partial charge < -0.3 is 4.74 Å². The molecule has 130 valence electrons. The molecule has 0 saturated carbocycles. The summed E-state index contributed by atoms with van der Waals surface area (Å²) in [5.74, 6) is 0.436. The van der Waals surface area contributed by atoms with Gasteiger partial charge in [-0.15, -0.1) is 12.4 Å². The average molecular weight is 358 g/mol. The van der Waals surface area contributed by atoms with E-state index in [4.69, 9.17) is 4.74 Å². The summed E-state index contributed by atoms with van der Waals surface area (Å²) >= 11 is 0. The van der Waals surface area contributed by atoms with Gasteiger partial charge in [-0.2, -0.15) is 13.2 Å². The Morgan fingerprint density at radius 2 is 1.67 bits per heavy atom. The van der Waals surface area contributed by atoms with Crippen molar-refractivity contribution in [1.29, 1.82) is 0 Å². The fourth-order valence-electron chi connectivity index (χ4n) is 3.18. The van der Waals surface area contributed by atoms with E-state index in [1.54, 1.807) is 0 Å². The van der Waals surface area contributed by atoms with Crippen LogP contribution in [0.5, 0.6) is 5.75 Å². The fraction of sp³-hybridized carbons (Fsp3) is 0.333. The van der Waals surface area contributed by atoms with Gasteiger partial charge in [0.1, 0.15) is 11.4 Å². The molecule has 2 nitrogen and oxygen atoms in total. The summed E-state index contributed by atoms with van der Waals surface area (Å²) in [5, 5.41) is 0. The van der Waals surface area contributed by atoms with Crippen molar-refractivity contribution in [3.8, 4) is 5.75 Å². The number of rotatable bonds is 2. The molecule has 24 heavy (non-hydrogen) atoms. The number of ether oxygens (including phenoxy) is 1. The Balaban J connectivity index is 0.00000208. The molecule has 2 aromatic rings. The minimum absolute atomic E-state index is 0. The van der Waals surface area contributed by atoms with Crippen LogP contribution < -0.4 is 4.74 Å². The third kappa shape index (κ3) is 3.68. The van der Waals surface area contributed by atoms with Crippen molar-refractivity contribution in [1.82, 2.24) is 4.90 Å². The number of halogens is 4. The Labute approximate surface area is 145 Å². The summed E-state index contributed by atoms with van der Waals surface area (Å²) in [4.78, 5) is 2.15. The van der Waals surface area contributed by atoms with Crippen molar-refractivity contribution in [3.05, 3.63) is 65.2 Å². The Kier molecular flexibility index (Phi) is 5.16. The Hall–Kier alpha value is -1.72. The normalized spacial score (nSPS) is 20.9. The minimum Gasteiger partial charge on any atom is -0.482 e. The molecule has 1 atom stereocenters. The van der Waals surface area contributed by atoms with Gasteiger partial charge >= 0.3 is 6.18 Å². The van der Waals surface area contributed by atoms with Gasteiger partial charge in [-0.05, 0) is 43.8 Å². The molecular formula is C18H19ClF3NO. The van der Waals surface area contributed by atoms with Gasteiger partial charge in [0.2, 0.25) is 0 Å². The van der Waals surface area contributed by atoms with Crippen molar-refractivity contribution in [2.75, 3.05) is 13.6 Å². The Bertz CT molecular complexity index is 702. The standard InChI is InChI=1S/C18H18F3NO.ClH/c1-17(12-22(2)11-13-5-3-4-6-16(13)17)23-15-9-7-14(8-10-15)18(19,20)21;/h3-10H,11-12H2,1-2H3;1H. The van der Waals surface area contributed by atoms with Crippen LogP contribution >= 0.6 is 12.4 Å². The molecule has 0 bridgehead atoms. The Morgan fingerprint density at radius 1 is 1.04 bits per heavy atom. The van der Waals surface area contributed by atoms with Crippen LogP contribution in [0.3, 0.4) is 0 Å². The van der Waals surface area contributed by atoms with E-state index in [1.165, 1.54) is 17.7 Å². The molecule has 0 fully saturated rings. The summed E-state index contributed by atoms with van der Waals surface area (Å²) in [6.07, 6.45) is -4.33. The van der Waals surface area contributed by atoms with Crippen molar-refractivity contribution in [2.24, 2.45) is 0 Å². The van der Waals surface area contributed by atoms with Crippen LogP contribution in [0.2, 0.25) is 0 Å². The van der Waals surface area contributed by atoms with E-state index < -0.39 is 17.3 Å². The lowest BCUT2D eigenvalue weighted by molar-refractivity contribution is -0.137. The Morgan fingerprint density at radius 3 is 2.29 bits per heavy atom. The molecule has 1 aliphatic rings. The van der Waals surface area contributed by atoms with Gasteiger partial charge in [0.15, 0.2) is 0 Å². The topological polar surface area (TPSA) is 12.5 Å². The molecule has 0 saturated heterocycles. The molecule has 0 aliphatic carbocycles. The number of likely N-dealkylation sites (N-methyl/N-ethyl adjacent to an activating group) is 1. The number of fused-ring (bicyclic) bond motifs is 1. The first-order valence-corrected chi connectivity index (χ1v) is 7.41. The summed E-state index contributed by atoms with van der Waals surface area (Å²) in [6.45, 7) is 3.48. The van der Waals surface area contributed by atoms with Gasteiger partial charge in [0.05, 0.1) is 5.56 Å². The van der Waals surface area contributed by atoms with E-state index in [1.807, 2.05) is 32.2 Å². The zero-order chi connectivity index (χ0) is 16.7. The van der Waals surface area contributed by atoms with Crippen LogP contribution in [-0.2, 0) is 18.3 Å². The molecule has 2 aromatic carbocycles. The van der Waals surface area contributed by atoms with Gasteiger partial charge in [-0.25, -0.2) is 0 Å². The number of nitrogens with zero attached hydrogens (tertiary/aromatic N) is 1. The molecule has 1 aliphatic heterocycles. The van der Waals surface area contributed by atoms with Gasteiger partial charge in [0.25, 0.3) is 0 Å². The smallest absolute Gasteiger partial charge is 0.416 e. The molecule has 0 spiro atoms. The number of benzene rings is 2. The second kappa shape index (κ2) is 6.65. The predicted octanol–water partition coefficient (Wildman–Crippen LogP) is 4.87. The predicted molar refractivity (Wildman–Crippen MR) is 89.4 cm³/mol. The largest absolute Gasteiger partial charge is 0.482 e. The lowest BCUT2D eigenvalue weighted by Gasteiger charge is -2.40. The van der Waals surface area contributed by atoms with Crippen molar-refractivity contribution >= 4 is 12.4 Å². The van der Waals surface area contributed by atoms with E-state index in [-0.39, 0.29) is 12.4 Å². The maximum atomic E-state index is 12.7. The van der Waals surface area contributed by atoms with E-state index in [0.717, 1.165) is 24.2 Å². The zero-order valence-electron chi connectivity index (χ0n) is 13.4. The van der Waals surface area contributed by atoms with Gasteiger partial charge in [-0.3, -0.25) is 4.90 Å². The number of hydrogen-bond donors (Lipinski definition) is 0. The molecule has 0 aromatic heterocycles. The first-order valence-electron chi connectivity index (χ1n) is 7.41. The minimum atomic E-state index is -4.33. The second-order valence-corrected chi connectivity index (χ2v) is 6.18. The number of alkyl halides is 3. The third-order valence-corrected chi connectivity index (χ3v) is 4.12. The lowest BCUT2D eigenvalue weighted by atomic mass is 9.87. The fourth-order valence-corrected chi connectivity index (χ4v) is 3.18. The summed E-state index contributed by atoms with van der Waals surface area (Å²) < 4.78 is 44.1. The van der Waals surface area contributed by atoms with Crippen LogP contribution in [0.15, 0.2) is 48.5 Å². The highest BCUT2D eigenvalue weighted by Crippen LogP contribution is 2.36. The third-order valence-electron chi connectivity index (χ3n) is 4.12. The molecule has 6 heteroatoms. The highest BCUT2D eigenvalue weighted by Gasteiger charge is 2.36. The number of hydrogen-bond acceptors (Lipinski definition) is 2. The highest BCUT2D eigenvalue weighted by molar-refractivity contribution is 5.85. The highest BCUT2D eigenvalue weighted by atomic mass is 35.5. The summed E-state index contributed by atoms with van der Waals surface area (Å²) in [6, 6.07) is 12.9. The molecular weight excluding hydrogens is 339 g/mol. The summed E-state index contributed by atoms with van der Waals surface area (Å²) in [7, 11) is 2.00. The molecule has 0 radical (unpaired) electrons. The maximum absolute atomic E-state index is 12.7. The monoisotopic (exact) mass is 357 g/mol. The van der Waals surface area contributed by atoms with Crippen LogP contribution in [0.4, 0.5) is 13.2 Å². The second-order valence-electron chi connectivity index (χ2n) is 6.18. The summed E-state index contributed by atoms with van der Waals surface area (Å²) in [5.41, 5.74) is 0.994. The van der Waals surface area contributed by atoms with E-state index in [2.05, 4.69) is 11.0 Å². The molecule has 0 amide bonds. The zero-order valence-corrected chi connectivity index (χ0v) is 14.2. The van der Waals surface area contributed by atoms with Gasteiger partial charge in [-0.1, -0.05) is 24.3 Å². The molecule has 0 N–H and O–H groups in total. The van der Waals surface area contributed by atoms with E-state index in [9.17, 15) is 13.2 Å². The van der Waals surface area contributed by atoms with Crippen LogP contribution in [0.25, 0.3) is 0 Å². The average Bonchev–Trinajstić information content (AvgIpc) is 2.46. The maximum Gasteiger partial charge on any atom is 0.416 e. The van der Waals surface area contributed by atoms with E-state index >= 15 is 0 Å².